The van der Waals surface area contributed by atoms with Crippen molar-refractivity contribution < 1.29 is 13.9 Å². The Kier molecular flexibility index (Phi) is 5.85. The fourth-order valence-electron chi connectivity index (χ4n) is 3.94. The lowest BCUT2D eigenvalue weighted by Gasteiger charge is -2.30. The third-order valence-corrected chi connectivity index (χ3v) is 5.59. The number of anilines is 3. The second-order valence-corrected chi connectivity index (χ2v) is 7.62. The van der Waals surface area contributed by atoms with Gasteiger partial charge in [0.1, 0.15) is 17.1 Å². The number of methoxy groups -OCH3 is 1. The van der Waals surface area contributed by atoms with Gasteiger partial charge in [-0.05, 0) is 43.2 Å². The number of hydrogen-bond acceptors (Lipinski definition) is 7. The normalized spacial score (nSPS) is 18.5. The first-order valence-electron chi connectivity index (χ1n) is 10.2. The summed E-state index contributed by atoms with van der Waals surface area (Å²) in [4.78, 5) is 20.7. The number of rotatable bonds is 6. The van der Waals surface area contributed by atoms with Crippen molar-refractivity contribution in [3.05, 3.63) is 47.9 Å². The van der Waals surface area contributed by atoms with Gasteiger partial charge >= 0.3 is 0 Å². The molecule has 6 N–H and O–H groups in total. The summed E-state index contributed by atoms with van der Waals surface area (Å²) in [5.74, 6) is -0.650. The van der Waals surface area contributed by atoms with Crippen LogP contribution >= 0.6 is 0 Å². The number of fused-ring (bicyclic) bond motifs is 1. The zero-order valence-corrected chi connectivity index (χ0v) is 17.2. The van der Waals surface area contributed by atoms with Crippen molar-refractivity contribution in [3.63, 3.8) is 0 Å². The number of primary amides is 1. The van der Waals surface area contributed by atoms with Gasteiger partial charge in [0, 0.05) is 29.4 Å². The van der Waals surface area contributed by atoms with Gasteiger partial charge < -0.3 is 26.8 Å². The van der Waals surface area contributed by atoms with E-state index in [4.69, 9.17) is 16.2 Å². The van der Waals surface area contributed by atoms with Gasteiger partial charge in [-0.3, -0.25) is 9.78 Å². The van der Waals surface area contributed by atoms with E-state index in [1.807, 2.05) is 6.07 Å². The Balaban J connectivity index is 1.74. The molecule has 0 saturated heterocycles. The van der Waals surface area contributed by atoms with Gasteiger partial charge in [-0.15, -0.1) is 0 Å². The molecule has 31 heavy (non-hydrogen) atoms. The maximum absolute atomic E-state index is 14.7. The number of aromatic nitrogens is 2. The molecular formula is C22H25FN6O2. The van der Waals surface area contributed by atoms with Crippen LogP contribution in [0.5, 0.6) is 5.75 Å². The molecule has 1 aliphatic carbocycles. The van der Waals surface area contributed by atoms with Crippen molar-refractivity contribution in [1.82, 2.24) is 9.97 Å². The largest absolute Gasteiger partial charge is 0.494 e. The van der Waals surface area contributed by atoms with Crippen LogP contribution in [0.1, 0.15) is 36.0 Å². The van der Waals surface area contributed by atoms with Crippen LogP contribution in [0.15, 0.2) is 36.5 Å². The molecule has 1 amide bonds. The second kappa shape index (κ2) is 8.73. The average molecular weight is 424 g/mol. The predicted octanol–water partition coefficient (Wildman–Crippen LogP) is 3.30. The van der Waals surface area contributed by atoms with Gasteiger partial charge in [0.25, 0.3) is 5.91 Å². The van der Waals surface area contributed by atoms with Crippen LogP contribution in [0.3, 0.4) is 0 Å². The molecule has 1 aliphatic rings. The van der Waals surface area contributed by atoms with E-state index in [0.717, 1.165) is 37.1 Å². The SMILES string of the molecule is COc1ccc(Nc2nc(NC3CCCCC3N)c(F)cc2C(N)=O)c2cccnc12. The number of hydrogen-bond donors (Lipinski definition) is 4. The molecule has 0 aliphatic heterocycles. The molecule has 2 unspecified atom stereocenters. The molecule has 2 heterocycles. The number of halogens is 1. The first kappa shape index (κ1) is 20.8. The first-order chi connectivity index (χ1) is 15.0. The molecular weight excluding hydrogens is 399 g/mol. The molecule has 1 fully saturated rings. The van der Waals surface area contributed by atoms with Gasteiger partial charge in [0.15, 0.2) is 11.6 Å². The molecule has 9 heteroatoms. The smallest absolute Gasteiger partial charge is 0.252 e. The highest BCUT2D eigenvalue weighted by Gasteiger charge is 2.24. The van der Waals surface area contributed by atoms with E-state index in [9.17, 15) is 9.18 Å². The molecule has 4 rings (SSSR count). The third kappa shape index (κ3) is 4.22. The lowest BCUT2D eigenvalue weighted by Crippen LogP contribution is -2.43. The van der Waals surface area contributed by atoms with Crippen molar-refractivity contribution in [2.75, 3.05) is 17.7 Å². The van der Waals surface area contributed by atoms with Gasteiger partial charge in [-0.2, -0.15) is 0 Å². The summed E-state index contributed by atoms with van der Waals surface area (Å²) in [7, 11) is 1.57. The van der Waals surface area contributed by atoms with Crippen LogP contribution in [0.25, 0.3) is 10.9 Å². The summed E-state index contributed by atoms with van der Waals surface area (Å²) in [6, 6.07) is 8.11. The highest BCUT2D eigenvalue weighted by molar-refractivity contribution is 6.01. The van der Waals surface area contributed by atoms with Crippen LogP contribution < -0.4 is 26.8 Å². The molecule has 2 aromatic heterocycles. The van der Waals surface area contributed by atoms with Crippen LogP contribution in [0, 0.1) is 5.82 Å². The Bertz CT molecular complexity index is 1120. The summed E-state index contributed by atoms with van der Waals surface area (Å²) in [6.45, 7) is 0. The summed E-state index contributed by atoms with van der Waals surface area (Å²) < 4.78 is 20.1. The fraction of sp³-hybridized carbons (Fsp3) is 0.318. The molecule has 0 bridgehead atoms. The number of carbonyl (C=O) groups excluding carboxylic acids is 1. The monoisotopic (exact) mass is 424 g/mol. The van der Waals surface area contributed by atoms with Crippen molar-refractivity contribution >= 4 is 34.1 Å². The van der Waals surface area contributed by atoms with Gasteiger partial charge in [0.2, 0.25) is 0 Å². The zero-order valence-electron chi connectivity index (χ0n) is 17.2. The topological polar surface area (TPSA) is 128 Å². The Labute approximate surface area is 179 Å². The lowest BCUT2D eigenvalue weighted by molar-refractivity contribution is 0.100. The maximum Gasteiger partial charge on any atom is 0.252 e. The van der Waals surface area contributed by atoms with Gasteiger partial charge in [-0.25, -0.2) is 9.37 Å². The highest BCUT2D eigenvalue weighted by atomic mass is 19.1. The van der Waals surface area contributed by atoms with E-state index in [1.54, 1.807) is 31.5 Å². The number of nitrogens with one attached hydrogen (secondary N) is 2. The Morgan fingerprint density at radius 3 is 2.77 bits per heavy atom. The molecule has 8 nitrogen and oxygen atoms in total. The van der Waals surface area contributed by atoms with Crippen LogP contribution in [0.4, 0.5) is 21.7 Å². The Morgan fingerprint density at radius 1 is 1.23 bits per heavy atom. The molecule has 0 radical (unpaired) electrons. The van der Waals surface area contributed by atoms with E-state index in [0.29, 0.717) is 17.0 Å². The summed E-state index contributed by atoms with van der Waals surface area (Å²) in [5, 5.41) is 6.99. The molecule has 162 valence electrons. The van der Waals surface area contributed by atoms with Crippen molar-refractivity contribution in [2.24, 2.45) is 11.5 Å². The second-order valence-electron chi connectivity index (χ2n) is 7.62. The summed E-state index contributed by atoms with van der Waals surface area (Å²) in [5.41, 5.74) is 12.9. The first-order valence-corrected chi connectivity index (χ1v) is 10.2. The molecule has 3 aromatic rings. The third-order valence-electron chi connectivity index (χ3n) is 5.59. The van der Waals surface area contributed by atoms with Crippen LogP contribution in [0.2, 0.25) is 0 Å². The number of amides is 1. The van der Waals surface area contributed by atoms with E-state index < -0.39 is 11.7 Å². The predicted molar refractivity (Wildman–Crippen MR) is 118 cm³/mol. The summed E-state index contributed by atoms with van der Waals surface area (Å²) in [6.07, 6.45) is 5.44. The lowest BCUT2D eigenvalue weighted by atomic mass is 9.91. The number of pyridine rings is 2. The van der Waals surface area contributed by atoms with Crippen LogP contribution in [-0.4, -0.2) is 35.1 Å². The zero-order chi connectivity index (χ0) is 22.0. The number of nitrogens with two attached hydrogens (primary N) is 2. The maximum atomic E-state index is 14.7. The minimum Gasteiger partial charge on any atom is -0.494 e. The van der Waals surface area contributed by atoms with Gasteiger partial charge in [0.05, 0.1) is 12.7 Å². The molecule has 2 atom stereocenters. The standard InChI is InChI=1S/C22H25FN6O2/c1-31-18-9-8-16(12-5-4-10-26-19(12)18)27-21-13(20(25)30)11-14(23)22(29-21)28-17-7-3-2-6-15(17)24/h4-5,8-11,15,17H,2-3,6-7,24H2,1H3,(H2,25,30)(H2,27,28,29). The minimum atomic E-state index is -0.786. The number of benzene rings is 1. The molecule has 0 spiro atoms. The van der Waals surface area contributed by atoms with E-state index in [1.165, 1.54) is 0 Å². The van der Waals surface area contributed by atoms with E-state index in [2.05, 4.69) is 20.6 Å². The highest BCUT2D eigenvalue weighted by Crippen LogP contribution is 2.33. The fourth-order valence-corrected chi connectivity index (χ4v) is 3.94. The number of ether oxygens (including phenoxy) is 1. The Morgan fingerprint density at radius 2 is 2.03 bits per heavy atom. The van der Waals surface area contributed by atoms with Crippen molar-refractivity contribution in [1.29, 1.82) is 0 Å². The quantitative estimate of drug-likeness (QED) is 0.478. The summed E-state index contributed by atoms with van der Waals surface area (Å²) >= 11 is 0. The van der Waals surface area contributed by atoms with Crippen molar-refractivity contribution in [2.45, 2.75) is 37.8 Å². The van der Waals surface area contributed by atoms with Gasteiger partial charge in [-0.1, -0.05) is 12.8 Å². The van der Waals surface area contributed by atoms with E-state index >= 15 is 0 Å². The average Bonchev–Trinajstić information content (AvgIpc) is 2.77. The number of nitrogens with zero attached hydrogens (tertiary/aromatic N) is 2. The Hall–Kier alpha value is -3.46. The molecule has 1 aromatic carbocycles. The van der Waals surface area contributed by atoms with Crippen molar-refractivity contribution in [3.8, 4) is 5.75 Å². The van der Waals surface area contributed by atoms with Crippen LogP contribution in [-0.2, 0) is 0 Å². The molecule has 1 saturated carbocycles. The minimum absolute atomic E-state index is 0.0331. The number of carbonyl (C=O) groups is 1. The van der Waals surface area contributed by atoms with E-state index in [-0.39, 0.29) is 29.3 Å².